The van der Waals surface area contributed by atoms with E-state index in [0.717, 1.165) is 39.3 Å². The lowest BCUT2D eigenvalue weighted by molar-refractivity contribution is 0.115. The van der Waals surface area contributed by atoms with Crippen LogP contribution in [0.25, 0.3) is 0 Å². The fourth-order valence-electron chi connectivity index (χ4n) is 2.91. The molecular formula is C17H28N2O. The molecule has 1 heterocycles. The van der Waals surface area contributed by atoms with Crippen molar-refractivity contribution in [2.24, 2.45) is 5.41 Å². The molecule has 1 aromatic rings. The summed E-state index contributed by atoms with van der Waals surface area (Å²) in [6.07, 6.45) is 1.16. The smallest absolute Gasteiger partial charge is 0.0547 e. The third kappa shape index (κ3) is 4.58. The predicted molar refractivity (Wildman–Crippen MR) is 83.8 cm³/mol. The average molecular weight is 276 g/mol. The van der Waals surface area contributed by atoms with Crippen molar-refractivity contribution >= 4 is 0 Å². The number of nitrogens with zero attached hydrogens (tertiary/aromatic N) is 1. The largest absolute Gasteiger partial charge is 0.381 e. The maximum Gasteiger partial charge on any atom is 0.0547 e. The molecule has 112 valence electrons. The first kappa shape index (κ1) is 15.5. The van der Waals surface area contributed by atoms with Crippen molar-refractivity contribution in [3.8, 4) is 0 Å². The second-order valence-electron chi connectivity index (χ2n) is 6.50. The highest BCUT2D eigenvalue weighted by Crippen LogP contribution is 2.29. The second-order valence-corrected chi connectivity index (χ2v) is 6.50. The Labute approximate surface area is 123 Å². The van der Waals surface area contributed by atoms with E-state index in [4.69, 9.17) is 4.74 Å². The minimum absolute atomic E-state index is 0.272. The van der Waals surface area contributed by atoms with Gasteiger partial charge < -0.3 is 15.0 Å². The fraction of sp³-hybridized carbons (Fsp3) is 0.647. The van der Waals surface area contributed by atoms with Gasteiger partial charge in [-0.05, 0) is 19.0 Å². The summed E-state index contributed by atoms with van der Waals surface area (Å²) in [4.78, 5) is 2.42. The molecule has 0 aromatic heterocycles. The molecule has 3 heteroatoms. The third-order valence-electron chi connectivity index (χ3n) is 3.97. The van der Waals surface area contributed by atoms with Crippen molar-refractivity contribution in [3.63, 3.8) is 0 Å². The molecule has 1 unspecified atom stereocenters. The van der Waals surface area contributed by atoms with Crippen LogP contribution in [0.2, 0.25) is 0 Å². The molecule has 2 rings (SSSR count). The van der Waals surface area contributed by atoms with Gasteiger partial charge in [0.15, 0.2) is 0 Å². The Hall–Kier alpha value is -0.900. The molecule has 1 aromatic carbocycles. The zero-order chi connectivity index (χ0) is 14.4. The van der Waals surface area contributed by atoms with E-state index in [1.165, 1.54) is 5.56 Å². The number of nitrogens with one attached hydrogen (secondary N) is 1. The third-order valence-corrected chi connectivity index (χ3v) is 3.97. The van der Waals surface area contributed by atoms with E-state index in [0.29, 0.717) is 6.04 Å². The fourth-order valence-corrected chi connectivity index (χ4v) is 2.91. The van der Waals surface area contributed by atoms with Gasteiger partial charge in [0.1, 0.15) is 0 Å². The van der Waals surface area contributed by atoms with Gasteiger partial charge in [-0.1, -0.05) is 44.2 Å². The normalized spacial score (nSPS) is 22.9. The maximum absolute atomic E-state index is 5.68. The molecule has 1 saturated heterocycles. The van der Waals surface area contributed by atoms with Crippen LogP contribution >= 0.6 is 0 Å². The highest BCUT2D eigenvalue weighted by Gasteiger charge is 2.35. The quantitative estimate of drug-likeness (QED) is 0.828. The van der Waals surface area contributed by atoms with Crippen molar-refractivity contribution in [1.29, 1.82) is 0 Å². The molecule has 20 heavy (non-hydrogen) atoms. The summed E-state index contributed by atoms with van der Waals surface area (Å²) in [6, 6.07) is 11.2. The van der Waals surface area contributed by atoms with Gasteiger partial charge >= 0.3 is 0 Å². The van der Waals surface area contributed by atoms with Gasteiger partial charge in [-0.25, -0.2) is 0 Å². The molecule has 0 spiro atoms. The van der Waals surface area contributed by atoms with Crippen molar-refractivity contribution in [1.82, 2.24) is 10.2 Å². The molecule has 3 nitrogen and oxygen atoms in total. The Morgan fingerprint density at radius 2 is 2.05 bits per heavy atom. The van der Waals surface area contributed by atoms with E-state index >= 15 is 0 Å². The van der Waals surface area contributed by atoms with Gasteiger partial charge in [-0.15, -0.1) is 0 Å². The average Bonchev–Trinajstić information content (AvgIpc) is 2.86. The molecule has 0 radical (unpaired) electrons. The first-order valence-electron chi connectivity index (χ1n) is 7.63. The van der Waals surface area contributed by atoms with Gasteiger partial charge in [-0.2, -0.15) is 0 Å². The summed E-state index contributed by atoms with van der Waals surface area (Å²) in [5.74, 6) is 0. The van der Waals surface area contributed by atoms with Gasteiger partial charge in [0.25, 0.3) is 0 Å². The molecule has 0 aliphatic carbocycles. The number of ether oxygens (including phenoxy) is 1. The Balaban J connectivity index is 1.90. The molecule has 1 aliphatic heterocycles. The van der Waals surface area contributed by atoms with Crippen LogP contribution in [0, 0.1) is 5.41 Å². The summed E-state index contributed by atoms with van der Waals surface area (Å²) in [6.45, 7) is 9.33. The maximum atomic E-state index is 5.68. The Morgan fingerprint density at radius 3 is 2.65 bits per heavy atom. The van der Waals surface area contributed by atoms with Crippen molar-refractivity contribution in [3.05, 3.63) is 35.9 Å². The summed E-state index contributed by atoms with van der Waals surface area (Å²) >= 11 is 0. The summed E-state index contributed by atoms with van der Waals surface area (Å²) in [7, 11) is 2.21. The minimum Gasteiger partial charge on any atom is -0.381 e. The number of hydrogen-bond donors (Lipinski definition) is 1. The molecular weight excluding hydrogens is 248 g/mol. The van der Waals surface area contributed by atoms with Gasteiger partial charge in [0, 0.05) is 37.7 Å². The molecule has 1 fully saturated rings. The first-order chi connectivity index (χ1) is 9.60. The highest BCUT2D eigenvalue weighted by atomic mass is 16.5. The zero-order valence-electron chi connectivity index (χ0n) is 13.1. The Morgan fingerprint density at radius 1 is 1.30 bits per heavy atom. The van der Waals surface area contributed by atoms with Crippen LogP contribution < -0.4 is 5.32 Å². The summed E-state index contributed by atoms with van der Waals surface area (Å²) in [5.41, 5.74) is 1.65. The molecule has 1 atom stereocenters. The molecule has 0 saturated carbocycles. The van der Waals surface area contributed by atoms with Crippen LogP contribution in [-0.4, -0.2) is 44.3 Å². The van der Waals surface area contributed by atoms with E-state index in [-0.39, 0.29) is 5.41 Å². The summed E-state index contributed by atoms with van der Waals surface area (Å²) in [5, 5.41) is 3.59. The number of hydrogen-bond acceptors (Lipinski definition) is 3. The lowest BCUT2D eigenvalue weighted by Crippen LogP contribution is -2.45. The zero-order valence-corrected chi connectivity index (χ0v) is 13.1. The number of rotatable bonds is 7. The van der Waals surface area contributed by atoms with Crippen LogP contribution in [0.4, 0.5) is 0 Å². The van der Waals surface area contributed by atoms with Gasteiger partial charge in [-0.3, -0.25) is 0 Å². The lowest BCUT2D eigenvalue weighted by atomic mass is 9.86. The van der Waals surface area contributed by atoms with Crippen molar-refractivity contribution in [2.45, 2.75) is 32.9 Å². The van der Waals surface area contributed by atoms with Crippen LogP contribution in [-0.2, 0) is 11.3 Å². The standard InChI is InChI=1S/C17H28N2O/c1-15(2)18-12-17(9-10-20-14-17)13-19(3)11-16-7-5-4-6-8-16/h4-8,15,18H,9-14H2,1-3H3. The van der Waals surface area contributed by atoms with Gasteiger partial charge in [0.05, 0.1) is 6.61 Å². The highest BCUT2D eigenvalue weighted by molar-refractivity contribution is 5.14. The monoisotopic (exact) mass is 276 g/mol. The van der Waals surface area contributed by atoms with Gasteiger partial charge in [0.2, 0.25) is 0 Å². The van der Waals surface area contributed by atoms with E-state index in [1.54, 1.807) is 0 Å². The summed E-state index contributed by atoms with van der Waals surface area (Å²) < 4.78 is 5.68. The van der Waals surface area contributed by atoms with E-state index in [2.05, 4.69) is 61.4 Å². The predicted octanol–water partition coefficient (Wildman–Crippen LogP) is 2.52. The first-order valence-corrected chi connectivity index (χ1v) is 7.63. The van der Waals surface area contributed by atoms with E-state index < -0.39 is 0 Å². The minimum atomic E-state index is 0.272. The van der Waals surface area contributed by atoms with Crippen LogP contribution in [0.1, 0.15) is 25.8 Å². The van der Waals surface area contributed by atoms with Crippen LogP contribution in [0.3, 0.4) is 0 Å². The molecule has 0 bridgehead atoms. The molecule has 1 N–H and O–H groups in total. The second kappa shape index (κ2) is 7.21. The van der Waals surface area contributed by atoms with E-state index in [1.807, 2.05) is 0 Å². The number of benzene rings is 1. The topological polar surface area (TPSA) is 24.5 Å². The van der Waals surface area contributed by atoms with E-state index in [9.17, 15) is 0 Å². The molecule has 1 aliphatic rings. The van der Waals surface area contributed by atoms with Crippen LogP contribution in [0.15, 0.2) is 30.3 Å². The molecule has 0 amide bonds. The Bertz CT molecular complexity index is 385. The lowest BCUT2D eigenvalue weighted by Gasteiger charge is -2.33. The SMILES string of the molecule is CC(C)NCC1(CN(C)Cc2ccccc2)CCOC1. The van der Waals surface area contributed by atoms with Crippen molar-refractivity contribution < 1.29 is 4.74 Å². The van der Waals surface area contributed by atoms with Crippen molar-refractivity contribution in [2.75, 3.05) is 33.4 Å². The van der Waals surface area contributed by atoms with Crippen LogP contribution in [0.5, 0.6) is 0 Å². The Kier molecular flexibility index (Phi) is 5.58.